The molecule has 0 saturated heterocycles. The fraction of sp³-hybridized carbons (Fsp3) is 0.0333. The second-order valence-corrected chi connectivity index (χ2v) is 17.6. The van der Waals surface area contributed by atoms with E-state index in [0.717, 1.165) is 39.2 Å². The summed E-state index contributed by atoms with van der Waals surface area (Å²) in [7, 11) is 0. The molecular formula is C60H40N2S. The number of benzene rings is 9. The Morgan fingerprint density at radius 1 is 0.365 bits per heavy atom. The van der Waals surface area contributed by atoms with Gasteiger partial charge in [-0.15, -0.1) is 11.3 Å². The highest BCUT2D eigenvalue weighted by Crippen LogP contribution is 2.55. The molecule has 1 aliphatic carbocycles. The van der Waals surface area contributed by atoms with Crippen LogP contribution in [0.5, 0.6) is 0 Å². The standard InChI is InChI=1S/C60H40N2S/c1-60(44-23-9-4-10-24-44)52-32-15-13-28-50(52)57-51(31-18-33-53(57)60)55-38-54(61-59(62-55)40-21-7-3-8-22-40)43-36-41(46-26-12-11-25-45(46)39-19-5-2-6-20-39)35-42(37-43)47-29-17-30-49-48-27-14-16-34-56(48)63-58(47)49/h2-38H,1H3. The highest BCUT2D eigenvalue weighted by molar-refractivity contribution is 7.26. The Kier molecular flexibility index (Phi) is 8.84. The summed E-state index contributed by atoms with van der Waals surface area (Å²) in [6, 6.07) is 81.2. The molecule has 1 atom stereocenters. The molecule has 0 amide bonds. The van der Waals surface area contributed by atoms with Gasteiger partial charge in [0.2, 0.25) is 0 Å². The summed E-state index contributed by atoms with van der Waals surface area (Å²) in [5, 5.41) is 2.57. The molecule has 0 spiro atoms. The number of hydrogen-bond donors (Lipinski definition) is 0. The molecular weight excluding hydrogens is 781 g/mol. The zero-order valence-electron chi connectivity index (χ0n) is 34.7. The van der Waals surface area contributed by atoms with Gasteiger partial charge in [-0.25, -0.2) is 9.97 Å². The van der Waals surface area contributed by atoms with Crippen LogP contribution in [0.1, 0.15) is 23.6 Å². The average Bonchev–Trinajstić information content (AvgIpc) is 3.88. The van der Waals surface area contributed by atoms with Gasteiger partial charge in [0.1, 0.15) is 0 Å². The third-order valence-corrected chi connectivity index (χ3v) is 14.2. The Bertz CT molecular complexity index is 3520. The summed E-state index contributed by atoms with van der Waals surface area (Å²) >= 11 is 1.86. The van der Waals surface area contributed by atoms with Crippen LogP contribution in [0.15, 0.2) is 224 Å². The van der Waals surface area contributed by atoms with Crippen molar-refractivity contribution in [3.8, 4) is 78.4 Å². The Morgan fingerprint density at radius 3 is 1.67 bits per heavy atom. The van der Waals surface area contributed by atoms with E-state index in [9.17, 15) is 0 Å². The second kappa shape index (κ2) is 15.0. The lowest BCUT2D eigenvalue weighted by molar-refractivity contribution is 0.714. The van der Waals surface area contributed by atoms with Gasteiger partial charge in [-0.05, 0) is 98.5 Å². The maximum Gasteiger partial charge on any atom is 0.160 e. The summed E-state index contributed by atoms with van der Waals surface area (Å²) in [4.78, 5) is 10.9. The van der Waals surface area contributed by atoms with E-state index < -0.39 is 0 Å². The molecule has 12 rings (SSSR count). The van der Waals surface area contributed by atoms with E-state index >= 15 is 0 Å². The van der Waals surface area contributed by atoms with Crippen molar-refractivity contribution in [2.24, 2.45) is 0 Å². The molecule has 11 aromatic rings. The summed E-state index contributed by atoms with van der Waals surface area (Å²) in [6.07, 6.45) is 0. The van der Waals surface area contributed by atoms with Crippen LogP contribution in [0, 0.1) is 0 Å². The number of aromatic nitrogens is 2. The van der Waals surface area contributed by atoms with Gasteiger partial charge >= 0.3 is 0 Å². The number of hydrogen-bond acceptors (Lipinski definition) is 3. The fourth-order valence-corrected chi connectivity index (χ4v) is 11.2. The van der Waals surface area contributed by atoms with Crippen LogP contribution in [0.3, 0.4) is 0 Å². The zero-order valence-corrected chi connectivity index (χ0v) is 35.5. The van der Waals surface area contributed by atoms with Gasteiger partial charge in [-0.3, -0.25) is 0 Å². The molecule has 0 fully saturated rings. The van der Waals surface area contributed by atoms with E-state index in [-0.39, 0.29) is 5.41 Å². The van der Waals surface area contributed by atoms with Crippen molar-refractivity contribution >= 4 is 31.5 Å². The molecule has 0 bridgehead atoms. The molecule has 2 heterocycles. The molecule has 0 saturated carbocycles. The minimum atomic E-state index is -0.329. The normalized spacial score (nSPS) is 14.2. The lowest BCUT2D eigenvalue weighted by Crippen LogP contribution is -2.22. The molecule has 2 aromatic heterocycles. The van der Waals surface area contributed by atoms with Crippen molar-refractivity contribution in [3.63, 3.8) is 0 Å². The van der Waals surface area contributed by atoms with Crippen molar-refractivity contribution in [2.75, 3.05) is 0 Å². The van der Waals surface area contributed by atoms with E-state index in [1.807, 2.05) is 17.4 Å². The van der Waals surface area contributed by atoms with Crippen LogP contribution in [0.2, 0.25) is 0 Å². The van der Waals surface area contributed by atoms with Gasteiger partial charge in [0.15, 0.2) is 5.82 Å². The minimum absolute atomic E-state index is 0.329. The third-order valence-electron chi connectivity index (χ3n) is 13.0. The maximum absolute atomic E-state index is 5.45. The molecule has 9 aromatic carbocycles. The van der Waals surface area contributed by atoms with Crippen molar-refractivity contribution in [2.45, 2.75) is 12.3 Å². The summed E-state index contributed by atoms with van der Waals surface area (Å²) in [6.45, 7) is 2.37. The predicted octanol–water partition coefficient (Wildman–Crippen LogP) is 16.2. The molecule has 0 radical (unpaired) electrons. The van der Waals surface area contributed by atoms with Crippen LogP contribution in [0.25, 0.3) is 98.6 Å². The lowest BCUT2D eigenvalue weighted by atomic mass is 9.74. The van der Waals surface area contributed by atoms with Gasteiger partial charge in [0.05, 0.1) is 11.4 Å². The smallest absolute Gasteiger partial charge is 0.160 e. The van der Waals surface area contributed by atoms with Crippen LogP contribution in [0.4, 0.5) is 0 Å². The average molecular weight is 821 g/mol. The first-order valence-corrected chi connectivity index (χ1v) is 22.4. The van der Waals surface area contributed by atoms with E-state index in [1.165, 1.54) is 70.2 Å². The largest absolute Gasteiger partial charge is 0.228 e. The van der Waals surface area contributed by atoms with Gasteiger partial charge in [0.25, 0.3) is 0 Å². The monoisotopic (exact) mass is 820 g/mol. The molecule has 0 aliphatic heterocycles. The van der Waals surface area contributed by atoms with E-state index in [0.29, 0.717) is 5.82 Å². The second-order valence-electron chi connectivity index (χ2n) is 16.6. The number of fused-ring (bicyclic) bond motifs is 6. The maximum atomic E-state index is 5.45. The van der Waals surface area contributed by atoms with E-state index in [2.05, 4.69) is 225 Å². The molecule has 2 nitrogen and oxygen atoms in total. The van der Waals surface area contributed by atoms with E-state index in [1.54, 1.807) is 0 Å². The predicted molar refractivity (Wildman–Crippen MR) is 265 cm³/mol. The first kappa shape index (κ1) is 37.1. The molecule has 0 N–H and O–H groups in total. The third kappa shape index (κ3) is 6.15. The van der Waals surface area contributed by atoms with Crippen molar-refractivity contribution < 1.29 is 0 Å². The van der Waals surface area contributed by atoms with Crippen LogP contribution in [-0.2, 0) is 5.41 Å². The van der Waals surface area contributed by atoms with Gasteiger partial charge in [-0.2, -0.15) is 0 Å². The number of rotatable bonds is 7. The highest BCUT2D eigenvalue weighted by Gasteiger charge is 2.41. The summed E-state index contributed by atoms with van der Waals surface area (Å²) in [5.41, 5.74) is 17.9. The van der Waals surface area contributed by atoms with Gasteiger partial charge in [0, 0.05) is 42.3 Å². The fourth-order valence-electron chi connectivity index (χ4n) is 9.95. The molecule has 63 heavy (non-hydrogen) atoms. The Hall–Kier alpha value is -7.72. The SMILES string of the molecule is CC1(c2ccccc2)c2ccccc2-c2c(-c3cc(-c4cc(-c5ccccc5-c5ccccc5)cc(-c5cccc6c5sc5ccccc56)c4)nc(-c4ccccc4)n3)cccc21. The van der Waals surface area contributed by atoms with Crippen molar-refractivity contribution in [1.29, 1.82) is 0 Å². The Morgan fingerprint density at radius 2 is 0.889 bits per heavy atom. The Labute approximate surface area is 371 Å². The first-order valence-electron chi connectivity index (χ1n) is 21.6. The summed E-state index contributed by atoms with van der Waals surface area (Å²) in [5.74, 6) is 0.695. The molecule has 1 unspecified atom stereocenters. The van der Waals surface area contributed by atoms with Gasteiger partial charge in [-0.1, -0.05) is 194 Å². The minimum Gasteiger partial charge on any atom is -0.228 e. The Balaban J connectivity index is 1.12. The quantitative estimate of drug-likeness (QED) is 0.160. The van der Waals surface area contributed by atoms with Crippen LogP contribution < -0.4 is 0 Å². The number of thiophene rings is 1. The summed E-state index contributed by atoms with van der Waals surface area (Å²) < 4.78 is 2.57. The molecule has 296 valence electrons. The first-order chi connectivity index (χ1) is 31.1. The topological polar surface area (TPSA) is 25.8 Å². The van der Waals surface area contributed by atoms with Crippen molar-refractivity contribution in [3.05, 3.63) is 241 Å². The van der Waals surface area contributed by atoms with Crippen LogP contribution >= 0.6 is 11.3 Å². The van der Waals surface area contributed by atoms with Crippen LogP contribution in [-0.4, -0.2) is 9.97 Å². The number of nitrogens with zero attached hydrogens (tertiary/aromatic N) is 2. The molecule has 3 heteroatoms. The molecule has 1 aliphatic rings. The van der Waals surface area contributed by atoms with E-state index in [4.69, 9.17) is 9.97 Å². The highest BCUT2D eigenvalue weighted by atomic mass is 32.1. The van der Waals surface area contributed by atoms with Crippen molar-refractivity contribution in [1.82, 2.24) is 9.97 Å². The lowest BCUT2D eigenvalue weighted by Gasteiger charge is -2.28. The van der Waals surface area contributed by atoms with Gasteiger partial charge < -0.3 is 0 Å². The zero-order chi connectivity index (χ0) is 41.9.